The van der Waals surface area contributed by atoms with E-state index in [1.807, 2.05) is 0 Å². The van der Waals surface area contributed by atoms with Crippen LogP contribution in [0.1, 0.15) is 30.1 Å². The number of imide groups is 1. The topological polar surface area (TPSA) is 90.0 Å². The first-order chi connectivity index (χ1) is 9.52. The highest BCUT2D eigenvalue weighted by molar-refractivity contribution is 6.20. The number of aldehydes is 1. The second-order valence-corrected chi connectivity index (χ2v) is 4.13. The Morgan fingerprint density at radius 3 is 2.45 bits per heavy atom. The van der Waals surface area contributed by atoms with Crippen molar-refractivity contribution in [1.82, 2.24) is 0 Å². The lowest BCUT2D eigenvalue weighted by Crippen LogP contribution is -2.29. The zero-order valence-electron chi connectivity index (χ0n) is 10.6. The Kier molecular flexibility index (Phi) is 3.79. The lowest BCUT2D eigenvalue weighted by Gasteiger charge is -2.17. The average molecular weight is 277 g/mol. The maximum absolute atomic E-state index is 11.7. The number of carbonyl (C=O) groups excluding carboxylic acids is 4. The molecule has 0 saturated carbocycles. The number of hydrogen-bond donors (Lipinski definition) is 0. The predicted molar refractivity (Wildman–Crippen MR) is 66.0 cm³/mol. The molecule has 20 heavy (non-hydrogen) atoms. The molecule has 0 atom stereocenters. The van der Waals surface area contributed by atoms with E-state index < -0.39 is 17.8 Å². The van der Waals surface area contributed by atoms with E-state index in [-0.39, 0.29) is 29.8 Å². The lowest BCUT2D eigenvalue weighted by atomic mass is 10.2. The number of rotatable bonds is 4. The third kappa shape index (κ3) is 2.66. The molecule has 1 aromatic rings. The molecule has 0 unspecified atom stereocenters. The van der Waals surface area contributed by atoms with Gasteiger partial charge in [-0.25, -0.2) is 9.69 Å². The van der Waals surface area contributed by atoms with Gasteiger partial charge in [-0.05, 0) is 18.2 Å². The molecule has 2 amide bonds. The number of benzene rings is 1. The average Bonchev–Trinajstić information content (AvgIpc) is 2.75. The second kappa shape index (κ2) is 5.52. The first kappa shape index (κ1) is 13.7. The minimum atomic E-state index is -0.686. The summed E-state index contributed by atoms with van der Waals surface area (Å²) in [6.07, 6.45) is 0.762. The van der Waals surface area contributed by atoms with Gasteiger partial charge in [-0.15, -0.1) is 0 Å². The summed E-state index contributed by atoms with van der Waals surface area (Å²) in [4.78, 5) is 55.1. The summed E-state index contributed by atoms with van der Waals surface area (Å²) in [5, 5.41) is 0. The van der Waals surface area contributed by atoms with E-state index in [1.54, 1.807) is 0 Å². The van der Waals surface area contributed by atoms with Crippen molar-refractivity contribution < 1.29 is 29.0 Å². The standard InChI is InChI=1S/C13H11NO6/c1-8(16)19-20-11-3-2-9(7-15)6-10(11)14-12(17)4-5-13(14)18/h2-3,6-7H,4-5H2,1H3. The van der Waals surface area contributed by atoms with E-state index in [1.165, 1.54) is 18.2 Å². The zero-order valence-corrected chi connectivity index (χ0v) is 10.6. The van der Waals surface area contributed by atoms with E-state index >= 15 is 0 Å². The van der Waals surface area contributed by atoms with Crippen LogP contribution in [-0.4, -0.2) is 24.1 Å². The smallest absolute Gasteiger partial charge is 0.298 e. The van der Waals surface area contributed by atoms with Crippen molar-refractivity contribution in [3.8, 4) is 5.75 Å². The number of carbonyl (C=O) groups is 4. The van der Waals surface area contributed by atoms with E-state index in [0.717, 1.165) is 11.8 Å². The van der Waals surface area contributed by atoms with Crippen LogP contribution in [-0.2, 0) is 19.3 Å². The van der Waals surface area contributed by atoms with Gasteiger partial charge < -0.3 is 0 Å². The SMILES string of the molecule is CC(=O)OOc1ccc(C=O)cc1N1C(=O)CCC1=O. The largest absolute Gasteiger partial charge is 0.352 e. The molecule has 0 radical (unpaired) electrons. The maximum atomic E-state index is 11.7. The molecule has 1 aliphatic rings. The molecule has 104 valence electrons. The van der Waals surface area contributed by atoms with Gasteiger partial charge in [0, 0.05) is 25.3 Å². The molecule has 0 aliphatic carbocycles. The Hall–Kier alpha value is -2.70. The molecule has 2 rings (SSSR count). The van der Waals surface area contributed by atoms with Crippen molar-refractivity contribution >= 4 is 29.8 Å². The van der Waals surface area contributed by atoms with Crippen LogP contribution < -0.4 is 9.79 Å². The van der Waals surface area contributed by atoms with Gasteiger partial charge in [-0.1, -0.05) is 0 Å². The Labute approximate surface area is 114 Å². The third-order valence-electron chi connectivity index (χ3n) is 2.66. The minimum absolute atomic E-state index is 0.00870. The van der Waals surface area contributed by atoms with Crippen molar-refractivity contribution in [2.75, 3.05) is 4.90 Å². The molecular formula is C13H11NO6. The fourth-order valence-corrected chi connectivity index (χ4v) is 1.80. The van der Waals surface area contributed by atoms with Gasteiger partial charge in [-0.2, -0.15) is 0 Å². The maximum Gasteiger partial charge on any atom is 0.352 e. The normalized spacial score (nSPS) is 14.3. The van der Waals surface area contributed by atoms with Crippen molar-refractivity contribution in [2.45, 2.75) is 19.8 Å². The van der Waals surface area contributed by atoms with E-state index in [2.05, 4.69) is 4.89 Å². The van der Waals surface area contributed by atoms with Gasteiger partial charge in [-0.3, -0.25) is 24.2 Å². The summed E-state index contributed by atoms with van der Waals surface area (Å²) in [5.41, 5.74) is 0.353. The molecule has 0 aromatic heterocycles. The Morgan fingerprint density at radius 1 is 1.25 bits per heavy atom. The Morgan fingerprint density at radius 2 is 1.90 bits per heavy atom. The first-order valence-electron chi connectivity index (χ1n) is 5.83. The molecule has 0 N–H and O–H groups in total. The van der Waals surface area contributed by atoms with Crippen LogP contribution in [0.15, 0.2) is 18.2 Å². The van der Waals surface area contributed by atoms with Crippen LogP contribution >= 0.6 is 0 Å². The van der Waals surface area contributed by atoms with Gasteiger partial charge in [0.25, 0.3) is 0 Å². The summed E-state index contributed by atoms with van der Waals surface area (Å²) in [7, 11) is 0. The highest BCUT2D eigenvalue weighted by Gasteiger charge is 2.33. The number of anilines is 1. The van der Waals surface area contributed by atoms with Gasteiger partial charge in [0.15, 0.2) is 0 Å². The Balaban J connectivity index is 2.41. The fraction of sp³-hybridized carbons (Fsp3) is 0.231. The van der Waals surface area contributed by atoms with E-state index in [4.69, 9.17) is 4.89 Å². The quantitative estimate of drug-likeness (QED) is 0.353. The second-order valence-electron chi connectivity index (χ2n) is 4.13. The van der Waals surface area contributed by atoms with Crippen molar-refractivity contribution in [2.24, 2.45) is 0 Å². The summed E-state index contributed by atoms with van der Waals surface area (Å²) in [6.45, 7) is 1.14. The lowest BCUT2D eigenvalue weighted by molar-refractivity contribution is -0.210. The van der Waals surface area contributed by atoms with Gasteiger partial charge in [0.2, 0.25) is 17.6 Å². The molecule has 1 fully saturated rings. The minimum Gasteiger partial charge on any atom is -0.298 e. The molecule has 0 spiro atoms. The van der Waals surface area contributed by atoms with Gasteiger partial charge in [0.1, 0.15) is 6.29 Å². The molecule has 1 aromatic carbocycles. The van der Waals surface area contributed by atoms with E-state index in [0.29, 0.717) is 6.29 Å². The predicted octanol–water partition coefficient (Wildman–Crippen LogP) is 1.01. The van der Waals surface area contributed by atoms with Crippen LogP contribution in [0, 0.1) is 0 Å². The molecule has 7 heteroatoms. The molecule has 0 bridgehead atoms. The summed E-state index contributed by atoms with van der Waals surface area (Å²) >= 11 is 0. The van der Waals surface area contributed by atoms with Crippen LogP contribution in [0.3, 0.4) is 0 Å². The van der Waals surface area contributed by atoms with Gasteiger partial charge in [0.05, 0.1) is 5.69 Å². The summed E-state index contributed by atoms with van der Waals surface area (Å²) in [5.74, 6) is -1.47. The monoisotopic (exact) mass is 277 g/mol. The summed E-state index contributed by atoms with van der Waals surface area (Å²) in [6, 6.07) is 4.09. The van der Waals surface area contributed by atoms with Crippen molar-refractivity contribution in [3.63, 3.8) is 0 Å². The summed E-state index contributed by atoms with van der Waals surface area (Å²) < 4.78 is 0. The van der Waals surface area contributed by atoms with Gasteiger partial charge >= 0.3 is 5.97 Å². The van der Waals surface area contributed by atoms with Crippen molar-refractivity contribution in [1.29, 1.82) is 0 Å². The molecule has 1 aliphatic heterocycles. The number of nitrogens with zero attached hydrogens (tertiary/aromatic N) is 1. The zero-order chi connectivity index (χ0) is 14.7. The third-order valence-corrected chi connectivity index (χ3v) is 2.66. The first-order valence-corrected chi connectivity index (χ1v) is 5.83. The van der Waals surface area contributed by atoms with Crippen molar-refractivity contribution in [3.05, 3.63) is 23.8 Å². The fourth-order valence-electron chi connectivity index (χ4n) is 1.80. The Bertz CT molecular complexity index is 579. The number of hydrogen-bond acceptors (Lipinski definition) is 6. The van der Waals surface area contributed by atoms with E-state index in [9.17, 15) is 19.2 Å². The van der Waals surface area contributed by atoms with Crippen LogP contribution in [0.5, 0.6) is 5.75 Å². The van der Waals surface area contributed by atoms with Crippen LogP contribution in [0.25, 0.3) is 0 Å². The molecule has 1 heterocycles. The highest BCUT2D eigenvalue weighted by Crippen LogP contribution is 2.33. The van der Waals surface area contributed by atoms with Crippen LogP contribution in [0.2, 0.25) is 0 Å². The molecular weight excluding hydrogens is 266 g/mol. The molecule has 7 nitrogen and oxygen atoms in total. The van der Waals surface area contributed by atoms with Crippen LogP contribution in [0.4, 0.5) is 5.69 Å². The number of amides is 2. The highest BCUT2D eigenvalue weighted by atomic mass is 17.2. The molecule has 1 saturated heterocycles.